The normalized spacial score (nSPS) is 12.5. The fourth-order valence-corrected chi connectivity index (χ4v) is 3.40. The zero-order chi connectivity index (χ0) is 14.7. The second-order valence-corrected chi connectivity index (χ2v) is 7.25. The van der Waals surface area contributed by atoms with Crippen molar-refractivity contribution in [3.05, 3.63) is 0 Å². The minimum Gasteiger partial charge on any atom is -0.383 e. The first kappa shape index (κ1) is 18.8. The Bertz CT molecular complexity index is 305. The Hall–Kier alpha value is -0.170. The third-order valence-electron chi connectivity index (χ3n) is 2.69. The van der Waals surface area contributed by atoms with Gasteiger partial charge >= 0.3 is 0 Å². The van der Waals surface area contributed by atoms with Crippen LogP contribution in [0.5, 0.6) is 0 Å². The van der Waals surface area contributed by atoms with Gasteiger partial charge in [-0.25, -0.2) is 8.42 Å². The smallest absolute Gasteiger partial charge is 0.214 e. The lowest BCUT2D eigenvalue weighted by Crippen LogP contribution is -2.38. The minimum atomic E-state index is -3.16. The summed E-state index contributed by atoms with van der Waals surface area (Å²) >= 11 is 0. The molecule has 19 heavy (non-hydrogen) atoms. The van der Waals surface area contributed by atoms with Crippen LogP contribution in [0.1, 0.15) is 33.6 Å². The van der Waals surface area contributed by atoms with Crippen LogP contribution in [0.15, 0.2) is 0 Å². The molecule has 6 heteroatoms. The molecule has 0 aromatic heterocycles. The van der Waals surface area contributed by atoms with Crippen molar-refractivity contribution in [3.8, 4) is 0 Å². The third kappa shape index (κ3) is 9.38. The first-order chi connectivity index (χ1) is 8.94. The molecule has 5 nitrogen and oxygen atoms in total. The zero-order valence-corrected chi connectivity index (χ0v) is 13.6. The molecule has 0 rings (SSSR count). The van der Waals surface area contributed by atoms with Gasteiger partial charge in [-0.1, -0.05) is 20.8 Å². The highest BCUT2D eigenvalue weighted by atomic mass is 32.2. The van der Waals surface area contributed by atoms with Crippen molar-refractivity contribution in [1.29, 1.82) is 0 Å². The van der Waals surface area contributed by atoms with Crippen molar-refractivity contribution >= 4 is 10.0 Å². The molecule has 0 aliphatic rings. The van der Waals surface area contributed by atoms with E-state index in [1.165, 1.54) is 0 Å². The van der Waals surface area contributed by atoms with Crippen molar-refractivity contribution < 1.29 is 13.2 Å². The summed E-state index contributed by atoms with van der Waals surface area (Å²) in [5, 5.41) is 3.22. The molecule has 0 aliphatic carbocycles. The average Bonchev–Trinajstić information content (AvgIpc) is 2.33. The van der Waals surface area contributed by atoms with Crippen LogP contribution in [0.4, 0.5) is 0 Å². The standard InChI is InChI=1S/C13H30N2O3S/c1-5-7-14-8-6-11-19(16,17)15(9-10-18-4)12-13(2)3/h13-14H,5-12H2,1-4H3. The van der Waals surface area contributed by atoms with Crippen molar-refractivity contribution in [2.24, 2.45) is 5.92 Å². The van der Waals surface area contributed by atoms with E-state index in [4.69, 9.17) is 4.74 Å². The van der Waals surface area contributed by atoms with Crippen LogP contribution in [0.25, 0.3) is 0 Å². The molecule has 0 fully saturated rings. The monoisotopic (exact) mass is 294 g/mol. The van der Waals surface area contributed by atoms with Gasteiger partial charge in [-0.15, -0.1) is 0 Å². The molecule has 0 saturated heterocycles. The van der Waals surface area contributed by atoms with Gasteiger partial charge in [0.15, 0.2) is 0 Å². The van der Waals surface area contributed by atoms with Crippen LogP contribution in [0.2, 0.25) is 0 Å². The van der Waals surface area contributed by atoms with Gasteiger partial charge in [0.25, 0.3) is 0 Å². The fourth-order valence-electron chi connectivity index (χ4n) is 1.75. The predicted molar refractivity (Wildman–Crippen MR) is 79.9 cm³/mol. The van der Waals surface area contributed by atoms with Crippen LogP contribution in [0.3, 0.4) is 0 Å². The van der Waals surface area contributed by atoms with E-state index in [1.807, 2.05) is 13.8 Å². The molecular formula is C13H30N2O3S. The SMILES string of the molecule is CCCNCCCS(=O)(=O)N(CCOC)CC(C)C. The van der Waals surface area contributed by atoms with Crippen LogP contribution in [-0.2, 0) is 14.8 Å². The van der Waals surface area contributed by atoms with E-state index in [-0.39, 0.29) is 5.75 Å². The zero-order valence-electron chi connectivity index (χ0n) is 12.8. The number of ether oxygens (including phenoxy) is 1. The van der Waals surface area contributed by atoms with Crippen LogP contribution in [0, 0.1) is 5.92 Å². The Labute approximate surface area is 118 Å². The molecule has 0 unspecified atom stereocenters. The largest absolute Gasteiger partial charge is 0.383 e. The maximum atomic E-state index is 12.2. The van der Waals surface area contributed by atoms with E-state index in [2.05, 4.69) is 12.2 Å². The van der Waals surface area contributed by atoms with E-state index in [9.17, 15) is 8.42 Å². The third-order valence-corrected chi connectivity index (χ3v) is 4.61. The first-order valence-electron chi connectivity index (χ1n) is 7.11. The van der Waals surface area contributed by atoms with Crippen molar-refractivity contribution in [1.82, 2.24) is 9.62 Å². The molecule has 0 bridgehead atoms. The predicted octanol–water partition coefficient (Wildman–Crippen LogP) is 1.31. The number of sulfonamides is 1. The summed E-state index contributed by atoms with van der Waals surface area (Å²) in [6.07, 6.45) is 1.73. The summed E-state index contributed by atoms with van der Waals surface area (Å²) in [4.78, 5) is 0. The Morgan fingerprint density at radius 2 is 1.95 bits per heavy atom. The topological polar surface area (TPSA) is 58.6 Å². The van der Waals surface area contributed by atoms with Crippen LogP contribution < -0.4 is 5.32 Å². The number of hydrogen-bond acceptors (Lipinski definition) is 4. The highest BCUT2D eigenvalue weighted by Gasteiger charge is 2.21. The lowest BCUT2D eigenvalue weighted by Gasteiger charge is -2.23. The van der Waals surface area contributed by atoms with Gasteiger partial charge < -0.3 is 10.1 Å². The van der Waals surface area contributed by atoms with E-state index >= 15 is 0 Å². The summed E-state index contributed by atoms with van der Waals surface area (Å²) < 4.78 is 31.0. The Morgan fingerprint density at radius 3 is 2.47 bits per heavy atom. The van der Waals surface area contributed by atoms with E-state index in [0.717, 1.165) is 19.5 Å². The summed E-state index contributed by atoms with van der Waals surface area (Å²) in [5.74, 6) is 0.532. The number of methoxy groups -OCH3 is 1. The average molecular weight is 294 g/mol. The van der Waals surface area contributed by atoms with Gasteiger partial charge in [0, 0.05) is 20.2 Å². The summed E-state index contributed by atoms with van der Waals surface area (Å²) in [5.41, 5.74) is 0. The fraction of sp³-hybridized carbons (Fsp3) is 1.00. The molecule has 0 spiro atoms. The summed E-state index contributed by atoms with van der Waals surface area (Å²) in [6.45, 7) is 9.30. The summed E-state index contributed by atoms with van der Waals surface area (Å²) in [6, 6.07) is 0. The lowest BCUT2D eigenvalue weighted by atomic mass is 10.2. The minimum absolute atomic E-state index is 0.208. The highest BCUT2D eigenvalue weighted by Crippen LogP contribution is 2.07. The first-order valence-corrected chi connectivity index (χ1v) is 8.72. The van der Waals surface area contributed by atoms with Gasteiger partial charge in [0.05, 0.1) is 12.4 Å². The second kappa shape index (κ2) is 10.6. The maximum absolute atomic E-state index is 12.2. The summed E-state index contributed by atoms with van der Waals surface area (Å²) in [7, 11) is -1.57. The van der Waals surface area contributed by atoms with Gasteiger partial charge in [-0.3, -0.25) is 0 Å². The van der Waals surface area contributed by atoms with Crippen molar-refractivity contribution in [2.75, 3.05) is 45.6 Å². The number of nitrogens with zero attached hydrogens (tertiary/aromatic N) is 1. The highest BCUT2D eigenvalue weighted by molar-refractivity contribution is 7.89. The molecule has 116 valence electrons. The molecular weight excluding hydrogens is 264 g/mol. The van der Waals surface area contributed by atoms with Crippen molar-refractivity contribution in [2.45, 2.75) is 33.6 Å². The van der Waals surface area contributed by atoms with Crippen LogP contribution in [-0.4, -0.2) is 58.4 Å². The number of rotatable bonds is 12. The second-order valence-electron chi connectivity index (χ2n) is 5.16. The molecule has 0 radical (unpaired) electrons. The van der Waals surface area contributed by atoms with E-state index in [0.29, 0.717) is 32.0 Å². The van der Waals surface area contributed by atoms with Crippen LogP contribution >= 0.6 is 0 Å². The van der Waals surface area contributed by atoms with Gasteiger partial charge in [-0.2, -0.15) is 4.31 Å². The molecule has 0 saturated carbocycles. The maximum Gasteiger partial charge on any atom is 0.214 e. The number of nitrogens with one attached hydrogen (secondary N) is 1. The molecule has 0 aliphatic heterocycles. The van der Waals surface area contributed by atoms with E-state index < -0.39 is 10.0 Å². The molecule has 0 aromatic carbocycles. The number of hydrogen-bond donors (Lipinski definition) is 1. The van der Waals surface area contributed by atoms with Gasteiger partial charge in [0.2, 0.25) is 10.0 Å². The Morgan fingerprint density at radius 1 is 1.26 bits per heavy atom. The molecule has 0 heterocycles. The molecule has 0 amide bonds. The van der Waals surface area contributed by atoms with Gasteiger partial charge in [0.1, 0.15) is 0 Å². The Balaban J connectivity index is 4.26. The van der Waals surface area contributed by atoms with Crippen molar-refractivity contribution in [3.63, 3.8) is 0 Å². The van der Waals surface area contributed by atoms with E-state index in [1.54, 1.807) is 11.4 Å². The molecule has 0 atom stereocenters. The Kier molecular flexibility index (Phi) is 10.5. The molecule has 0 aromatic rings. The lowest BCUT2D eigenvalue weighted by molar-refractivity contribution is 0.175. The van der Waals surface area contributed by atoms with Gasteiger partial charge in [-0.05, 0) is 31.8 Å². The molecule has 1 N–H and O–H groups in total. The quantitative estimate of drug-likeness (QED) is 0.551.